The number of rotatable bonds is 1. The van der Waals surface area contributed by atoms with Crippen molar-refractivity contribution in [2.75, 3.05) is 31.1 Å². The third kappa shape index (κ3) is 3.94. The van der Waals surface area contributed by atoms with Crippen molar-refractivity contribution in [3.8, 4) is 0 Å². The number of aromatic nitrogens is 2. The molecule has 1 aromatic rings. The lowest BCUT2D eigenvalue weighted by Gasteiger charge is -2.28. The van der Waals surface area contributed by atoms with E-state index in [0.29, 0.717) is 5.15 Å². The van der Waals surface area contributed by atoms with Gasteiger partial charge in [0, 0.05) is 32.2 Å². The minimum absolute atomic E-state index is 0. The summed E-state index contributed by atoms with van der Waals surface area (Å²) in [5.41, 5.74) is 0. The van der Waals surface area contributed by atoms with Gasteiger partial charge in [0.2, 0.25) is 0 Å². The summed E-state index contributed by atoms with van der Waals surface area (Å²) < 4.78 is 0. The SMILES string of the molecule is Cc1nc(Cl)cc(N2CCNCC2)n1.Cl.Cl. The van der Waals surface area contributed by atoms with Gasteiger partial charge in [-0.1, -0.05) is 11.6 Å². The van der Waals surface area contributed by atoms with E-state index < -0.39 is 0 Å². The molecule has 1 N–H and O–H groups in total. The van der Waals surface area contributed by atoms with Gasteiger partial charge in [0.05, 0.1) is 0 Å². The van der Waals surface area contributed by atoms with Crippen molar-refractivity contribution in [2.24, 2.45) is 0 Å². The van der Waals surface area contributed by atoms with Gasteiger partial charge >= 0.3 is 0 Å². The second kappa shape index (κ2) is 7.12. The van der Waals surface area contributed by atoms with Crippen LogP contribution in [-0.2, 0) is 0 Å². The minimum atomic E-state index is 0. The van der Waals surface area contributed by atoms with Gasteiger partial charge in [0.25, 0.3) is 0 Å². The quantitative estimate of drug-likeness (QED) is 0.797. The van der Waals surface area contributed by atoms with E-state index >= 15 is 0 Å². The van der Waals surface area contributed by atoms with E-state index in [4.69, 9.17) is 11.6 Å². The van der Waals surface area contributed by atoms with Gasteiger partial charge in [0.15, 0.2) is 0 Å². The fraction of sp³-hybridized carbons (Fsp3) is 0.556. The molecule has 16 heavy (non-hydrogen) atoms. The summed E-state index contributed by atoms with van der Waals surface area (Å²) in [6.45, 7) is 5.82. The lowest BCUT2D eigenvalue weighted by atomic mass is 10.3. The van der Waals surface area contributed by atoms with Gasteiger partial charge < -0.3 is 10.2 Å². The molecule has 1 aliphatic rings. The highest BCUT2D eigenvalue weighted by molar-refractivity contribution is 6.29. The highest BCUT2D eigenvalue weighted by atomic mass is 35.5. The van der Waals surface area contributed by atoms with Crippen LogP contribution >= 0.6 is 36.4 Å². The first-order valence-corrected chi connectivity index (χ1v) is 5.10. The molecule has 1 aliphatic heterocycles. The molecule has 0 radical (unpaired) electrons. The van der Waals surface area contributed by atoms with Crippen molar-refractivity contribution in [1.29, 1.82) is 0 Å². The summed E-state index contributed by atoms with van der Waals surface area (Å²) in [7, 11) is 0. The van der Waals surface area contributed by atoms with E-state index in [1.807, 2.05) is 13.0 Å². The van der Waals surface area contributed by atoms with Gasteiger partial charge in [-0.3, -0.25) is 0 Å². The van der Waals surface area contributed by atoms with E-state index in [9.17, 15) is 0 Å². The largest absolute Gasteiger partial charge is 0.354 e. The fourth-order valence-electron chi connectivity index (χ4n) is 1.57. The van der Waals surface area contributed by atoms with E-state index in [1.54, 1.807) is 0 Å². The Morgan fingerprint density at radius 3 is 2.44 bits per heavy atom. The first kappa shape index (κ1) is 15.7. The molecular formula is C9H15Cl3N4. The van der Waals surface area contributed by atoms with Crippen LogP contribution in [0.2, 0.25) is 5.15 Å². The Hall–Kier alpha value is -0.290. The van der Waals surface area contributed by atoms with Crippen LogP contribution in [0.5, 0.6) is 0 Å². The van der Waals surface area contributed by atoms with Crippen molar-refractivity contribution in [1.82, 2.24) is 15.3 Å². The number of hydrogen-bond donors (Lipinski definition) is 1. The monoisotopic (exact) mass is 284 g/mol. The van der Waals surface area contributed by atoms with Crippen molar-refractivity contribution in [3.05, 3.63) is 17.0 Å². The number of anilines is 1. The average molecular weight is 286 g/mol. The van der Waals surface area contributed by atoms with E-state index in [-0.39, 0.29) is 24.8 Å². The molecule has 1 saturated heterocycles. The van der Waals surface area contributed by atoms with Gasteiger partial charge in [-0.2, -0.15) is 0 Å². The molecule has 92 valence electrons. The Morgan fingerprint density at radius 2 is 1.88 bits per heavy atom. The van der Waals surface area contributed by atoms with Crippen LogP contribution in [0.4, 0.5) is 5.82 Å². The van der Waals surface area contributed by atoms with Gasteiger partial charge in [0.1, 0.15) is 16.8 Å². The third-order valence-corrected chi connectivity index (χ3v) is 2.43. The lowest BCUT2D eigenvalue weighted by Crippen LogP contribution is -2.44. The zero-order valence-corrected chi connectivity index (χ0v) is 11.3. The second-order valence-electron chi connectivity index (χ2n) is 3.33. The van der Waals surface area contributed by atoms with Gasteiger partial charge in [-0.15, -0.1) is 24.8 Å². The normalized spacial score (nSPS) is 15.0. The molecule has 0 atom stereocenters. The van der Waals surface area contributed by atoms with Crippen LogP contribution in [-0.4, -0.2) is 36.1 Å². The third-order valence-electron chi connectivity index (χ3n) is 2.23. The Balaban J connectivity index is 0.00000112. The Bertz CT molecular complexity index is 308. The lowest BCUT2D eigenvalue weighted by molar-refractivity contribution is 0.584. The number of nitrogens with zero attached hydrogens (tertiary/aromatic N) is 3. The molecule has 0 saturated carbocycles. The maximum Gasteiger partial charge on any atom is 0.134 e. The predicted molar refractivity (Wildman–Crippen MR) is 71.4 cm³/mol. The van der Waals surface area contributed by atoms with Crippen LogP contribution in [0.1, 0.15) is 5.82 Å². The smallest absolute Gasteiger partial charge is 0.134 e. The number of halogens is 3. The highest BCUT2D eigenvalue weighted by Crippen LogP contribution is 2.15. The summed E-state index contributed by atoms with van der Waals surface area (Å²) in [6.07, 6.45) is 0. The molecule has 0 spiro atoms. The van der Waals surface area contributed by atoms with Crippen LogP contribution in [0, 0.1) is 6.92 Å². The number of piperazine rings is 1. The minimum Gasteiger partial charge on any atom is -0.354 e. The van der Waals surface area contributed by atoms with Gasteiger partial charge in [-0.25, -0.2) is 9.97 Å². The molecule has 4 nitrogen and oxygen atoms in total. The van der Waals surface area contributed by atoms with Crippen LogP contribution < -0.4 is 10.2 Å². The molecule has 1 aromatic heterocycles. The first-order valence-electron chi connectivity index (χ1n) is 4.72. The van der Waals surface area contributed by atoms with Crippen LogP contribution in [0.15, 0.2) is 6.07 Å². The van der Waals surface area contributed by atoms with E-state index in [2.05, 4.69) is 20.2 Å². The number of hydrogen-bond acceptors (Lipinski definition) is 4. The molecule has 1 fully saturated rings. The molecule has 2 heterocycles. The Morgan fingerprint density at radius 1 is 1.25 bits per heavy atom. The second-order valence-corrected chi connectivity index (χ2v) is 3.72. The summed E-state index contributed by atoms with van der Waals surface area (Å²) in [4.78, 5) is 10.6. The van der Waals surface area contributed by atoms with Crippen LogP contribution in [0.3, 0.4) is 0 Å². The molecular weight excluding hydrogens is 270 g/mol. The number of aryl methyl sites for hydroxylation is 1. The molecule has 7 heteroatoms. The summed E-state index contributed by atoms with van der Waals surface area (Å²) in [5, 5.41) is 3.82. The molecule has 0 unspecified atom stereocenters. The van der Waals surface area contributed by atoms with Gasteiger partial charge in [-0.05, 0) is 6.92 Å². The van der Waals surface area contributed by atoms with Crippen molar-refractivity contribution >= 4 is 42.2 Å². The van der Waals surface area contributed by atoms with Crippen molar-refractivity contribution in [2.45, 2.75) is 6.92 Å². The highest BCUT2D eigenvalue weighted by Gasteiger charge is 2.12. The topological polar surface area (TPSA) is 41.1 Å². The molecule has 2 rings (SSSR count). The standard InChI is InChI=1S/C9H13ClN4.2ClH/c1-7-12-8(10)6-9(13-7)14-4-2-11-3-5-14;;/h6,11H,2-5H2,1H3;2*1H. The fourth-order valence-corrected chi connectivity index (χ4v) is 1.79. The van der Waals surface area contributed by atoms with Crippen molar-refractivity contribution in [3.63, 3.8) is 0 Å². The maximum absolute atomic E-state index is 5.88. The average Bonchev–Trinajstić information content (AvgIpc) is 2.18. The predicted octanol–water partition coefficient (Wildman–Crippen LogP) is 1.69. The molecule has 0 aromatic carbocycles. The summed E-state index contributed by atoms with van der Waals surface area (Å²) in [5.74, 6) is 1.66. The van der Waals surface area contributed by atoms with Crippen molar-refractivity contribution < 1.29 is 0 Å². The number of nitrogens with one attached hydrogen (secondary N) is 1. The zero-order valence-electron chi connectivity index (χ0n) is 8.94. The maximum atomic E-state index is 5.88. The molecule has 0 amide bonds. The summed E-state index contributed by atoms with van der Waals surface area (Å²) in [6, 6.07) is 1.82. The Labute approximate surface area is 113 Å². The Kier molecular flexibility index (Phi) is 6.99. The zero-order chi connectivity index (χ0) is 9.97. The van der Waals surface area contributed by atoms with Crippen LogP contribution in [0.25, 0.3) is 0 Å². The first-order chi connectivity index (χ1) is 6.75. The van der Waals surface area contributed by atoms with E-state index in [1.165, 1.54) is 0 Å². The summed E-state index contributed by atoms with van der Waals surface area (Å²) >= 11 is 5.88. The van der Waals surface area contributed by atoms with E-state index in [0.717, 1.165) is 37.8 Å². The molecule has 0 aliphatic carbocycles. The molecule has 0 bridgehead atoms.